The molecule has 0 radical (unpaired) electrons. The number of nitrogens with zero attached hydrogens (tertiary/aromatic N) is 1. The maximum atomic E-state index is 5.18. The number of benzene rings is 1. The van der Waals surface area contributed by atoms with Gasteiger partial charge in [-0.1, -0.05) is 25.1 Å². The first-order chi connectivity index (χ1) is 8.33. The van der Waals surface area contributed by atoms with Crippen molar-refractivity contribution in [2.75, 3.05) is 26.7 Å². The van der Waals surface area contributed by atoms with Crippen LogP contribution in [0.1, 0.15) is 25.3 Å². The molecule has 0 aromatic heterocycles. The molecule has 2 rings (SSSR count). The van der Waals surface area contributed by atoms with Crippen LogP contribution in [0.5, 0.6) is 5.75 Å². The van der Waals surface area contributed by atoms with Gasteiger partial charge in [-0.3, -0.25) is 4.90 Å². The molecule has 0 fully saturated rings. The molecule has 1 heterocycles. The molecule has 0 bridgehead atoms. The van der Waals surface area contributed by atoms with Crippen LogP contribution >= 0.6 is 0 Å². The molecule has 1 aliphatic heterocycles. The lowest BCUT2D eigenvalue weighted by Crippen LogP contribution is -2.29. The van der Waals surface area contributed by atoms with Gasteiger partial charge in [-0.25, -0.2) is 0 Å². The lowest BCUT2D eigenvalue weighted by atomic mass is 9.99. The van der Waals surface area contributed by atoms with Crippen LogP contribution in [0.3, 0.4) is 0 Å². The third-order valence-electron chi connectivity index (χ3n) is 3.29. The average molecular weight is 231 g/mol. The van der Waals surface area contributed by atoms with E-state index in [-0.39, 0.29) is 0 Å². The summed E-state index contributed by atoms with van der Waals surface area (Å²) in [5, 5.41) is 0. The van der Waals surface area contributed by atoms with Gasteiger partial charge in [0.2, 0.25) is 0 Å². The van der Waals surface area contributed by atoms with Gasteiger partial charge in [0.1, 0.15) is 5.75 Å². The Bertz CT molecular complexity index is 380. The Kier molecular flexibility index (Phi) is 4.21. The van der Waals surface area contributed by atoms with Crippen LogP contribution in [0, 0.1) is 0 Å². The third kappa shape index (κ3) is 3.10. The Balaban J connectivity index is 2.03. The second-order valence-electron chi connectivity index (χ2n) is 4.51. The third-order valence-corrected chi connectivity index (χ3v) is 3.29. The summed E-state index contributed by atoms with van der Waals surface area (Å²) in [6, 6.07) is 8.38. The summed E-state index contributed by atoms with van der Waals surface area (Å²) < 4.78 is 5.18. The molecule has 2 nitrogen and oxygen atoms in total. The molecule has 0 amide bonds. The number of hydrogen-bond acceptors (Lipinski definition) is 2. The molecule has 92 valence electrons. The quantitative estimate of drug-likeness (QED) is 0.789. The zero-order valence-corrected chi connectivity index (χ0v) is 10.8. The van der Waals surface area contributed by atoms with E-state index in [4.69, 9.17) is 4.74 Å². The van der Waals surface area contributed by atoms with Crippen molar-refractivity contribution in [1.82, 2.24) is 4.90 Å². The zero-order valence-electron chi connectivity index (χ0n) is 10.8. The SMILES string of the molecule is CCCN1CC=C(c2ccc(OC)cc2)CC1. The fraction of sp³-hybridized carbons (Fsp3) is 0.467. The molecule has 0 aliphatic carbocycles. The fourth-order valence-corrected chi connectivity index (χ4v) is 2.30. The van der Waals surface area contributed by atoms with Crippen LogP contribution in [-0.2, 0) is 0 Å². The van der Waals surface area contributed by atoms with Crippen molar-refractivity contribution in [1.29, 1.82) is 0 Å². The zero-order chi connectivity index (χ0) is 12.1. The van der Waals surface area contributed by atoms with Gasteiger partial charge in [-0.05, 0) is 42.7 Å². The first-order valence-electron chi connectivity index (χ1n) is 6.39. The molecule has 0 saturated carbocycles. The Morgan fingerprint density at radius 3 is 2.53 bits per heavy atom. The highest BCUT2D eigenvalue weighted by Crippen LogP contribution is 2.24. The van der Waals surface area contributed by atoms with Crippen molar-refractivity contribution in [3.63, 3.8) is 0 Å². The molecular formula is C15H21NO. The van der Waals surface area contributed by atoms with E-state index in [9.17, 15) is 0 Å². The summed E-state index contributed by atoms with van der Waals surface area (Å²) in [6.07, 6.45) is 4.76. The van der Waals surface area contributed by atoms with Crippen LogP contribution in [0.25, 0.3) is 5.57 Å². The lowest BCUT2D eigenvalue weighted by Gasteiger charge is -2.25. The summed E-state index contributed by atoms with van der Waals surface area (Å²) in [5.74, 6) is 0.928. The van der Waals surface area contributed by atoms with Crippen molar-refractivity contribution in [3.05, 3.63) is 35.9 Å². The van der Waals surface area contributed by atoms with E-state index in [0.717, 1.165) is 18.7 Å². The van der Waals surface area contributed by atoms with E-state index in [0.29, 0.717) is 0 Å². The van der Waals surface area contributed by atoms with E-state index in [1.165, 1.54) is 30.6 Å². The van der Waals surface area contributed by atoms with Crippen molar-refractivity contribution in [2.24, 2.45) is 0 Å². The summed E-state index contributed by atoms with van der Waals surface area (Å²) in [4.78, 5) is 2.51. The minimum absolute atomic E-state index is 0.928. The predicted octanol–water partition coefficient (Wildman–Crippen LogP) is 3.19. The van der Waals surface area contributed by atoms with Crippen LogP contribution in [-0.4, -0.2) is 31.6 Å². The van der Waals surface area contributed by atoms with Crippen LogP contribution in [0.15, 0.2) is 30.3 Å². The second-order valence-corrected chi connectivity index (χ2v) is 4.51. The van der Waals surface area contributed by atoms with Gasteiger partial charge in [0.15, 0.2) is 0 Å². The molecule has 17 heavy (non-hydrogen) atoms. The molecule has 1 aromatic rings. The van der Waals surface area contributed by atoms with E-state index in [1.54, 1.807) is 7.11 Å². The summed E-state index contributed by atoms with van der Waals surface area (Å²) in [7, 11) is 1.71. The van der Waals surface area contributed by atoms with Crippen molar-refractivity contribution in [3.8, 4) is 5.75 Å². The molecule has 0 atom stereocenters. The summed E-state index contributed by atoms with van der Waals surface area (Å²) in [5.41, 5.74) is 2.81. The summed E-state index contributed by atoms with van der Waals surface area (Å²) >= 11 is 0. The van der Waals surface area contributed by atoms with Gasteiger partial charge in [-0.15, -0.1) is 0 Å². The van der Waals surface area contributed by atoms with Gasteiger partial charge >= 0.3 is 0 Å². The molecule has 0 N–H and O–H groups in total. The van der Waals surface area contributed by atoms with Crippen molar-refractivity contribution >= 4 is 5.57 Å². The number of methoxy groups -OCH3 is 1. The monoisotopic (exact) mass is 231 g/mol. The number of rotatable bonds is 4. The molecular weight excluding hydrogens is 210 g/mol. The average Bonchev–Trinajstić information content (AvgIpc) is 2.40. The molecule has 0 saturated heterocycles. The molecule has 2 heteroatoms. The number of hydrogen-bond donors (Lipinski definition) is 0. The summed E-state index contributed by atoms with van der Waals surface area (Å²) in [6.45, 7) is 5.73. The Hall–Kier alpha value is -1.28. The predicted molar refractivity (Wildman–Crippen MR) is 72.3 cm³/mol. The van der Waals surface area contributed by atoms with Crippen molar-refractivity contribution in [2.45, 2.75) is 19.8 Å². The highest BCUT2D eigenvalue weighted by Gasteiger charge is 2.11. The maximum Gasteiger partial charge on any atom is 0.118 e. The lowest BCUT2D eigenvalue weighted by molar-refractivity contribution is 0.302. The van der Waals surface area contributed by atoms with Gasteiger partial charge in [0.25, 0.3) is 0 Å². The molecule has 0 spiro atoms. The van der Waals surface area contributed by atoms with Gasteiger partial charge in [0.05, 0.1) is 7.11 Å². The van der Waals surface area contributed by atoms with Crippen LogP contribution < -0.4 is 4.74 Å². The van der Waals surface area contributed by atoms with Gasteiger partial charge in [-0.2, -0.15) is 0 Å². The Morgan fingerprint density at radius 1 is 1.24 bits per heavy atom. The first-order valence-corrected chi connectivity index (χ1v) is 6.39. The van der Waals surface area contributed by atoms with E-state index in [2.05, 4.69) is 30.0 Å². The standard InChI is InChI=1S/C15H21NO/c1-3-10-16-11-8-14(9-12-16)13-4-6-15(17-2)7-5-13/h4-8H,3,9-12H2,1-2H3. The van der Waals surface area contributed by atoms with Crippen LogP contribution in [0.4, 0.5) is 0 Å². The highest BCUT2D eigenvalue weighted by atomic mass is 16.5. The first kappa shape index (κ1) is 12.2. The second kappa shape index (κ2) is 5.87. The largest absolute Gasteiger partial charge is 0.497 e. The van der Waals surface area contributed by atoms with E-state index >= 15 is 0 Å². The van der Waals surface area contributed by atoms with E-state index < -0.39 is 0 Å². The fourth-order valence-electron chi connectivity index (χ4n) is 2.30. The topological polar surface area (TPSA) is 12.5 Å². The minimum atomic E-state index is 0.928. The number of ether oxygens (including phenoxy) is 1. The minimum Gasteiger partial charge on any atom is -0.497 e. The Morgan fingerprint density at radius 2 is 2.00 bits per heavy atom. The maximum absolute atomic E-state index is 5.18. The molecule has 0 unspecified atom stereocenters. The molecule has 1 aromatic carbocycles. The smallest absolute Gasteiger partial charge is 0.118 e. The van der Waals surface area contributed by atoms with E-state index in [1.807, 2.05) is 12.1 Å². The highest BCUT2D eigenvalue weighted by molar-refractivity contribution is 5.67. The van der Waals surface area contributed by atoms with Gasteiger partial charge in [0, 0.05) is 13.1 Å². The van der Waals surface area contributed by atoms with Gasteiger partial charge < -0.3 is 4.74 Å². The van der Waals surface area contributed by atoms with Crippen LogP contribution in [0.2, 0.25) is 0 Å². The normalized spacial score (nSPS) is 16.7. The molecule has 1 aliphatic rings. The Labute approximate surface area is 104 Å². The van der Waals surface area contributed by atoms with Crippen molar-refractivity contribution < 1.29 is 4.74 Å².